The Morgan fingerprint density at radius 1 is 0.183 bits per heavy atom. The first-order valence-electron chi connectivity index (χ1n) is 44.1. The van der Waals surface area contributed by atoms with Gasteiger partial charge < -0.3 is 0 Å². The predicted molar refractivity (Wildman–Crippen MR) is 561 cm³/mol. The lowest BCUT2D eigenvalue weighted by Crippen LogP contribution is -1.95. The third-order valence-corrected chi connectivity index (χ3v) is 30.1. The van der Waals surface area contributed by atoms with Gasteiger partial charge in [0, 0.05) is 156 Å². The molecule has 0 unspecified atom stereocenters. The van der Waals surface area contributed by atoms with E-state index in [0.29, 0.717) is 5.69 Å². The molecular weight excluding hydrogens is 1650 g/mol. The minimum Gasteiger partial charge on any atom is -0.264 e. The minimum atomic E-state index is 0.647. The molecule has 0 fully saturated rings. The van der Waals surface area contributed by atoms with E-state index in [1.807, 2.05) is 83.1 Å². The van der Waals surface area contributed by atoms with Gasteiger partial charge >= 0.3 is 0 Å². The van der Waals surface area contributed by atoms with Crippen LogP contribution < -0.4 is 0 Å². The molecule has 9 heteroatoms. The Bertz CT molecular complexity index is 9530. The Balaban J connectivity index is 0.000000103. The van der Waals surface area contributed by atoms with E-state index in [9.17, 15) is 0 Å². The van der Waals surface area contributed by atoms with Crippen molar-refractivity contribution in [3.63, 3.8) is 0 Å². The van der Waals surface area contributed by atoms with Crippen molar-refractivity contribution < 1.29 is 0 Å². The van der Waals surface area contributed by atoms with Crippen LogP contribution in [0.2, 0.25) is 0 Å². The van der Waals surface area contributed by atoms with Crippen LogP contribution >= 0.6 is 34.0 Å². The number of pyridine rings is 5. The second-order valence-electron chi connectivity index (χ2n) is 33.6. The van der Waals surface area contributed by atoms with E-state index >= 15 is 0 Å². The van der Waals surface area contributed by atoms with Crippen LogP contribution in [-0.4, -0.2) is 24.9 Å². The summed E-state index contributed by atoms with van der Waals surface area (Å²) in [6.07, 6.45) is 7.54. The maximum Gasteiger partial charge on any atom is 0.187 e. The van der Waals surface area contributed by atoms with Gasteiger partial charge in [-0.2, -0.15) is 0 Å². The minimum absolute atomic E-state index is 0.647. The van der Waals surface area contributed by atoms with E-state index in [1.165, 1.54) is 207 Å². The molecule has 28 aromatic rings. The number of para-hydroxylation sites is 3. The van der Waals surface area contributed by atoms with Gasteiger partial charge in [-0.05, 0) is 152 Å². The molecule has 0 aliphatic rings. The van der Waals surface area contributed by atoms with Crippen LogP contribution in [0.4, 0.5) is 5.69 Å². The predicted octanol–water partition coefficient (Wildman–Crippen LogP) is 35.2. The third kappa shape index (κ3) is 12.2. The fraction of sp³-hybridized carbons (Fsp3) is 0. The molecule has 28 rings (SSSR count). The molecule has 0 aliphatic carbocycles. The van der Waals surface area contributed by atoms with Crippen molar-refractivity contribution in [1.29, 1.82) is 0 Å². The first-order chi connectivity index (χ1) is 65.0. The standard InChI is InChI=1S/C44H26N2S.C40H22N2S.C38H22N2S/c1-3-14-33-31(12-1)40(28-21-19-27(20-22-28)29-10-9-25-45-26-29)32-13-2-4-15-34(32)41(33)43-37-24-23-35-30-11-6-8-18-39(30)47-44(35)42(37)36-16-5-7-17-38(36)46-43;1-41-25-20-18-24(19-21-25)36-27-11-2-4-13-29(27)37(30-14-5-3-12-28(30)36)39-33-23-22-31-26-10-7-9-17-35(26)43-40(31)38(33)32-15-6-8-16-34(32)42-39;1-3-14-27-25(12-1)34(23-10-9-21-39-22-23)26-13-2-4-15-28(26)35(27)37-31-20-19-29-24-11-6-8-18-33(24)41-38(29)36(31)30-16-5-7-17-32(30)40-37/h1-26H;2-23H;1-22H. The molecule has 0 radical (unpaired) electrons. The zero-order valence-corrected chi connectivity index (χ0v) is 72.8. The van der Waals surface area contributed by atoms with Gasteiger partial charge in [-0.25, -0.2) is 19.8 Å². The SMILES string of the molecule is [C-]#[N+]c1ccc(-c2c3ccccc3c(-c3nc4ccccc4c4c3ccc3c5ccccc5sc34)c3ccccc23)cc1.c1cncc(-c2c3ccccc3c(-c3nc4ccccc4c4c3ccc3c5ccccc5sc34)c3ccccc23)c1.c1cncc(-c2ccc(-c3c4ccccc4c(-c4nc5ccccc5c5c4ccc4c6ccccc6sc45)c4ccccc34)cc2)c1. The topological polar surface area (TPSA) is 68.8 Å². The summed E-state index contributed by atoms with van der Waals surface area (Å²) in [5.41, 5.74) is 19.6. The second-order valence-corrected chi connectivity index (χ2v) is 36.7. The van der Waals surface area contributed by atoms with Gasteiger partial charge in [0.2, 0.25) is 0 Å². The van der Waals surface area contributed by atoms with Crippen LogP contribution in [-0.2, 0) is 0 Å². The molecule has 0 saturated carbocycles. The fourth-order valence-electron chi connectivity index (χ4n) is 20.9. The monoisotopic (exact) mass is 1710 g/mol. The Morgan fingerprint density at radius 2 is 0.427 bits per heavy atom. The maximum absolute atomic E-state index is 7.43. The molecule has 0 aliphatic heterocycles. The summed E-state index contributed by atoms with van der Waals surface area (Å²) in [7, 11) is 0. The van der Waals surface area contributed by atoms with Crippen LogP contribution in [0.25, 0.3) is 273 Å². The van der Waals surface area contributed by atoms with Crippen LogP contribution in [0.15, 0.2) is 425 Å². The Labute approximate surface area is 763 Å². The highest BCUT2D eigenvalue weighted by atomic mass is 32.1. The van der Waals surface area contributed by atoms with E-state index in [2.05, 4.69) is 391 Å². The molecule has 0 N–H and O–H groups in total. The first-order valence-corrected chi connectivity index (χ1v) is 46.5. The highest BCUT2D eigenvalue weighted by Crippen LogP contribution is 2.54. The summed E-state index contributed by atoms with van der Waals surface area (Å²) < 4.78 is 7.88. The Hall–Kier alpha value is -16.6. The average molecular weight is 1720 g/mol. The van der Waals surface area contributed by atoms with Crippen molar-refractivity contribution in [3.05, 3.63) is 437 Å². The average Bonchev–Trinajstić information content (AvgIpc) is 1.71. The lowest BCUT2D eigenvalue weighted by molar-refractivity contribution is 1.33. The summed E-state index contributed by atoms with van der Waals surface area (Å²) in [6.45, 7) is 7.43. The Kier molecular flexibility index (Phi) is 17.9. The van der Waals surface area contributed by atoms with Crippen LogP contribution in [0.3, 0.4) is 0 Å². The molecule has 8 heterocycles. The fourth-order valence-corrected chi connectivity index (χ4v) is 24.7. The number of aromatic nitrogens is 5. The molecule has 0 saturated heterocycles. The number of hydrogen-bond donors (Lipinski definition) is 0. The van der Waals surface area contributed by atoms with Crippen molar-refractivity contribution in [3.8, 4) is 78.3 Å². The second kappa shape index (κ2) is 30.9. The van der Waals surface area contributed by atoms with E-state index in [0.717, 1.165) is 61.4 Å². The van der Waals surface area contributed by atoms with E-state index in [4.69, 9.17) is 21.5 Å². The van der Waals surface area contributed by atoms with Crippen molar-refractivity contribution in [2.75, 3.05) is 0 Å². The summed E-state index contributed by atoms with van der Waals surface area (Å²) in [5, 5.41) is 33.2. The van der Waals surface area contributed by atoms with Crippen molar-refractivity contribution in [2.24, 2.45) is 0 Å². The third-order valence-electron chi connectivity index (χ3n) is 26.5. The molecule has 0 spiro atoms. The van der Waals surface area contributed by atoms with E-state index < -0.39 is 0 Å². The number of hydrogen-bond acceptors (Lipinski definition) is 8. The summed E-state index contributed by atoms with van der Waals surface area (Å²) in [4.78, 5) is 28.7. The molecule has 0 bridgehead atoms. The van der Waals surface area contributed by atoms with Crippen LogP contribution in [0.1, 0.15) is 0 Å². The summed E-state index contributed by atoms with van der Waals surface area (Å²) in [6, 6.07) is 143. The first kappa shape index (κ1) is 75.7. The van der Waals surface area contributed by atoms with Gasteiger partial charge in [0.1, 0.15) is 0 Å². The maximum atomic E-state index is 7.43. The molecule has 8 aromatic heterocycles. The lowest BCUT2D eigenvalue weighted by atomic mass is 9.85. The van der Waals surface area contributed by atoms with Gasteiger partial charge in [0.15, 0.2) is 5.69 Å². The Morgan fingerprint density at radius 3 is 0.725 bits per heavy atom. The van der Waals surface area contributed by atoms with E-state index in [1.54, 1.807) is 0 Å². The van der Waals surface area contributed by atoms with Gasteiger partial charge in [-0.1, -0.05) is 352 Å². The zero-order valence-electron chi connectivity index (χ0n) is 70.3. The number of fused-ring (bicyclic) bond motifs is 27. The quantitative estimate of drug-likeness (QED) is 0.0903. The number of thiophene rings is 3. The molecule has 131 heavy (non-hydrogen) atoms. The molecular formula is C122H70N6S3. The molecule has 606 valence electrons. The summed E-state index contributed by atoms with van der Waals surface area (Å²) >= 11 is 5.64. The lowest BCUT2D eigenvalue weighted by Gasteiger charge is -2.19. The molecule has 0 atom stereocenters. The highest BCUT2D eigenvalue weighted by molar-refractivity contribution is 7.27. The number of rotatable bonds is 7. The van der Waals surface area contributed by atoms with Crippen molar-refractivity contribution in [2.45, 2.75) is 0 Å². The van der Waals surface area contributed by atoms with Gasteiger partial charge in [0.25, 0.3) is 0 Å². The van der Waals surface area contributed by atoms with Gasteiger partial charge in [-0.3, -0.25) is 9.97 Å². The summed E-state index contributed by atoms with van der Waals surface area (Å²) in [5.74, 6) is 0. The van der Waals surface area contributed by atoms with Crippen LogP contribution in [0, 0.1) is 6.57 Å². The van der Waals surface area contributed by atoms with Crippen molar-refractivity contribution in [1.82, 2.24) is 24.9 Å². The molecule has 20 aromatic carbocycles. The zero-order chi connectivity index (χ0) is 86.3. The number of benzene rings is 20. The highest BCUT2D eigenvalue weighted by Gasteiger charge is 2.28. The largest absolute Gasteiger partial charge is 0.264 e. The van der Waals surface area contributed by atoms with Gasteiger partial charge in [0.05, 0.1) is 40.2 Å². The normalized spacial score (nSPS) is 11.8. The van der Waals surface area contributed by atoms with E-state index in [-0.39, 0.29) is 0 Å². The molecule has 6 nitrogen and oxygen atoms in total. The van der Waals surface area contributed by atoms with Crippen molar-refractivity contribution >= 4 is 230 Å². The number of nitrogens with zero attached hydrogens (tertiary/aromatic N) is 6. The molecule has 0 amide bonds. The van der Waals surface area contributed by atoms with Gasteiger partial charge in [-0.15, -0.1) is 34.0 Å². The smallest absolute Gasteiger partial charge is 0.187 e. The van der Waals surface area contributed by atoms with Crippen LogP contribution in [0.5, 0.6) is 0 Å².